The van der Waals surface area contributed by atoms with Gasteiger partial charge in [0.1, 0.15) is 28.0 Å². The first kappa shape index (κ1) is 39.0. The topological polar surface area (TPSA) is 43.6 Å². The van der Waals surface area contributed by atoms with Crippen LogP contribution in [0.1, 0.15) is 0 Å². The third-order valence-electron chi connectivity index (χ3n) is 13.8. The second kappa shape index (κ2) is 15.7. The van der Waals surface area contributed by atoms with Crippen LogP contribution < -0.4 is 0 Å². The van der Waals surface area contributed by atoms with Crippen LogP contribution in [0.15, 0.2) is 251 Å². The van der Waals surface area contributed by atoms with E-state index < -0.39 is 0 Å². The summed E-state index contributed by atoms with van der Waals surface area (Å²) in [6.45, 7) is 0. The SMILES string of the molecule is c1ccc(-c2nn3c(-c4ccccc4)c(-c4ccc(-c5cc(-c6cccc7c6oc6ccccc67)cc(-c6cccc7c6oc6ccccc67)c5)cc4)c4ccccc4c3c2-c2ccccc2)cc1. The lowest BCUT2D eigenvalue weighted by atomic mass is 9.89. The Morgan fingerprint density at radius 1 is 0.290 bits per heavy atom. The summed E-state index contributed by atoms with van der Waals surface area (Å²) >= 11 is 0. The number of pyridine rings is 1. The molecule has 0 saturated heterocycles. The number of para-hydroxylation sites is 4. The van der Waals surface area contributed by atoms with E-state index in [1.54, 1.807) is 0 Å². The molecule has 4 heteroatoms. The number of rotatable bonds is 7. The smallest absolute Gasteiger partial charge is 0.143 e. The Hall–Kier alpha value is -9.25. The third-order valence-corrected chi connectivity index (χ3v) is 13.8. The molecule has 0 N–H and O–H groups in total. The largest absolute Gasteiger partial charge is 0.455 e. The van der Waals surface area contributed by atoms with Crippen molar-refractivity contribution in [3.63, 3.8) is 0 Å². The molecule has 14 aromatic rings. The predicted molar refractivity (Wildman–Crippen MR) is 285 cm³/mol. The van der Waals surface area contributed by atoms with Crippen LogP contribution in [0.5, 0.6) is 0 Å². The summed E-state index contributed by atoms with van der Waals surface area (Å²) in [5, 5.41) is 12.3. The van der Waals surface area contributed by atoms with Gasteiger partial charge in [0.05, 0.1) is 11.2 Å². The molecule has 322 valence electrons. The zero-order chi connectivity index (χ0) is 45.4. The molecule has 4 aromatic heterocycles. The van der Waals surface area contributed by atoms with Gasteiger partial charge in [0.25, 0.3) is 0 Å². The van der Waals surface area contributed by atoms with Crippen LogP contribution in [-0.4, -0.2) is 9.61 Å². The summed E-state index contributed by atoms with van der Waals surface area (Å²) in [4.78, 5) is 0. The van der Waals surface area contributed by atoms with Crippen LogP contribution in [0, 0.1) is 0 Å². The Kier molecular flexibility index (Phi) is 8.86. The maximum absolute atomic E-state index is 6.65. The molecule has 4 heterocycles. The van der Waals surface area contributed by atoms with E-state index in [2.05, 4.69) is 223 Å². The average Bonchev–Trinajstić information content (AvgIpc) is 4.14. The van der Waals surface area contributed by atoms with Crippen molar-refractivity contribution in [1.29, 1.82) is 0 Å². The summed E-state index contributed by atoms with van der Waals surface area (Å²) in [5.74, 6) is 0. The fourth-order valence-corrected chi connectivity index (χ4v) is 10.7. The summed E-state index contributed by atoms with van der Waals surface area (Å²) in [5.41, 5.74) is 19.6. The lowest BCUT2D eigenvalue weighted by Gasteiger charge is -2.18. The van der Waals surface area contributed by atoms with Crippen molar-refractivity contribution < 1.29 is 8.83 Å². The molecule has 69 heavy (non-hydrogen) atoms. The second-order valence-electron chi connectivity index (χ2n) is 17.8. The van der Waals surface area contributed by atoms with E-state index in [-0.39, 0.29) is 0 Å². The van der Waals surface area contributed by atoms with Gasteiger partial charge in [0.15, 0.2) is 0 Å². The molecule has 0 fully saturated rings. The summed E-state index contributed by atoms with van der Waals surface area (Å²) < 4.78 is 15.5. The monoisotopic (exact) mass is 880 g/mol. The summed E-state index contributed by atoms with van der Waals surface area (Å²) in [7, 11) is 0. The molecule has 0 bridgehead atoms. The van der Waals surface area contributed by atoms with Gasteiger partial charge in [-0.2, -0.15) is 5.10 Å². The Morgan fingerprint density at radius 2 is 0.725 bits per heavy atom. The lowest BCUT2D eigenvalue weighted by molar-refractivity contribution is 0.670. The van der Waals surface area contributed by atoms with E-state index in [1.807, 2.05) is 24.3 Å². The molecule has 10 aromatic carbocycles. The van der Waals surface area contributed by atoms with Crippen molar-refractivity contribution in [2.24, 2.45) is 0 Å². The minimum Gasteiger partial charge on any atom is -0.455 e. The molecule has 0 saturated carbocycles. The number of fused-ring (bicyclic) bond motifs is 9. The molecule has 4 nitrogen and oxygen atoms in total. The molecular formula is C65H40N2O2. The number of aromatic nitrogens is 2. The predicted octanol–water partition coefficient (Wildman–Crippen LogP) is 18.0. The Morgan fingerprint density at radius 3 is 1.30 bits per heavy atom. The highest BCUT2D eigenvalue weighted by molar-refractivity contribution is 6.16. The standard InChI is InChI=1S/C65H40N2O2/c1-4-18-42(19-5-1)60-61(44-20-6-2-7-21-44)66-67-62(45-22-8-3-9-23-45)59(53-26-10-11-27-54(53)63(60)67)43-36-34-41(35-37-43)46-38-47(49-28-16-30-55-51-24-12-14-32-57(51)68-64(49)55)40-48(39-46)50-29-17-31-56-52-25-13-15-33-58(52)69-65(50)56/h1-40H. The van der Waals surface area contributed by atoms with Gasteiger partial charge in [-0.3, -0.25) is 0 Å². The van der Waals surface area contributed by atoms with Gasteiger partial charge >= 0.3 is 0 Å². The van der Waals surface area contributed by atoms with E-state index in [0.29, 0.717) is 0 Å². The molecule has 0 aliphatic rings. The van der Waals surface area contributed by atoms with Gasteiger partial charge in [0, 0.05) is 60.3 Å². The minimum absolute atomic E-state index is 0.874. The molecular weight excluding hydrogens is 841 g/mol. The van der Waals surface area contributed by atoms with Crippen molar-refractivity contribution >= 4 is 60.2 Å². The zero-order valence-electron chi connectivity index (χ0n) is 37.3. The van der Waals surface area contributed by atoms with Gasteiger partial charge in [-0.05, 0) is 69.1 Å². The minimum atomic E-state index is 0.874. The first-order valence-corrected chi connectivity index (χ1v) is 23.4. The maximum atomic E-state index is 6.65. The molecule has 0 spiro atoms. The van der Waals surface area contributed by atoms with Crippen LogP contribution >= 0.6 is 0 Å². The first-order chi connectivity index (χ1) is 34.2. The van der Waals surface area contributed by atoms with Gasteiger partial charge in [-0.1, -0.05) is 212 Å². The van der Waals surface area contributed by atoms with E-state index in [0.717, 1.165) is 138 Å². The van der Waals surface area contributed by atoms with Crippen molar-refractivity contribution in [3.05, 3.63) is 243 Å². The Bertz CT molecular complexity index is 4140. The van der Waals surface area contributed by atoms with Crippen molar-refractivity contribution in [2.45, 2.75) is 0 Å². The van der Waals surface area contributed by atoms with E-state index >= 15 is 0 Å². The number of hydrogen-bond donors (Lipinski definition) is 0. The van der Waals surface area contributed by atoms with Gasteiger partial charge in [-0.15, -0.1) is 0 Å². The highest BCUT2D eigenvalue weighted by Crippen LogP contribution is 2.47. The summed E-state index contributed by atoms with van der Waals surface area (Å²) in [6, 6.07) is 86.3. The molecule has 0 radical (unpaired) electrons. The molecule has 14 rings (SSSR count). The highest BCUT2D eigenvalue weighted by atomic mass is 16.3. The van der Waals surface area contributed by atoms with Crippen LogP contribution in [0.4, 0.5) is 0 Å². The van der Waals surface area contributed by atoms with E-state index in [4.69, 9.17) is 13.9 Å². The van der Waals surface area contributed by atoms with Gasteiger partial charge in [0.2, 0.25) is 0 Å². The van der Waals surface area contributed by atoms with E-state index in [9.17, 15) is 0 Å². The normalized spacial score (nSPS) is 11.8. The van der Waals surface area contributed by atoms with Gasteiger partial charge < -0.3 is 8.83 Å². The fourth-order valence-electron chi connectivity index (χ4n) is 10.7. The molecule has 0 amide bonds. The number of nitrogens with zero attached hydrogens (tertiary/aromatic N) is 2. The third kappa shape index (κ3) is 6.27. The highest BCUT2D eigenvalue weighted by Gasteiger charge is 2.25. The summed E-state index contributed by atoms with van der Waals surface area (Å²) in [6.07, 6.45) is 0. The molecule has 0 atom stereocenters. The Labute approximate surface area is 397 Å². The van der Waals surface area contributed by atoms with Crippen molar-refractivity contribution in [2.75, 3.05) is 0 Å². The first-order valence-electron chi connectivity index (χ1n) is 23.4. The number of furan rings is 2. The molecule has 0 unspecified atom stereocenters. The molecule has 0 aliphatic carbocycles. The maximum Gasteiger partial charge on any atom is 0.143 e. The zero-order valence-corrected chi connectivity index (χ0v) is 37.3. The van der Waals surface area contributed by atoms with Crippen LogP contribution in [0.2, 0.25) is 0 Å². The Balaban J connectivity index is 0.998. The van der Waals surface area contributed by atoms with E-state index in [1.165, 1.54) is 0 Å². The quantitative estimate of drug-likeness (QED) is 0.160. The second-order valence-corrected chi connectivity index (χ2v) is 17.8. The fraction of sp³-hybridized carbons (Fsp3) is 0. The molecule has 0 aliphatic heterocycles. The van der Waals surface area contributed by atoms with Crippen LogP contribution in [0.3, 0.4) is 0 Å². The average molecular weight is 881 g/mol. The lowest BCUT2D eigenvalue weighted by Crippen LogP contribution is -2.00. The van der Waals surface area contributed by atoms with Crippen LogP contribution in [-0.2, 0) is 0 Å². The number of hydrogen-bond acceptors (Lipinski definition) is 3. The van der Waals surface area contributed by atoms with Gasteiger partial charge in [-0.25, -0.2) is 4.52 Å². The van der Waals surface area contributed by atoms with Crippen molar-refractivity contribution in [3.8, 4) is 78.1 Å². The van der Waals surface area contributed by atoms with Crippen molar-refractivity contribution in [1.82, 2.24) is 9.61 Å². The number of benzene rings is 10. The van der Waals surface area contributed by atoms with Crippen LogP contribution in [0.25, 0.3) is 138 Å².